The standard InChI is InChI=1S/C10H3Cl3N2O/c11-5-1-6(12)10-7(13)4-16-9(3-14)15-8(10)2-5/h1-2,4H. The summed E-state index contributed by atoms with van der Waals surface area (Å²) in [4.78, 5) is 3.96. The molecular weight excluding hydrogens is 270 g/mol. The van der Waals surface area contributed by atoms with Crippen molar-refractivity contribution in [1.29, 1.82) is 5.26 Å². The van der Waals surface area contributed by atoms with Crippen molar-refractivity contribution in [3.63, 3.8) is 0 Å². The molecular formula is C10H3Cl3N2O. The third-order valence-electron chi connectivity index (χ3n) is 1.86. The van der Waals surface area contributed by atoms with Gasteiger partial charge in [0.15, 0.2) is 6.07 Å². The highest BCUT2D eigenvalue weighted by Crippen LogP contribution is 2.39. The van der Waals surface area contributed by atoms with Crippen LogP contribution in [0.3, 0.4) is 0 Å². The number of hydrogen-bond donors (Lipinski definition) is 0. The smallest absolute Gasteiger partial charge is 0.300 e. The van der Waals surface area contributed by atoms with Gasteiger partial charge in [0, 0.05) is 10.6 Å². The molecule has 80 valence electrons. The predicted octanol–water partition coefficient (Wildman–Crippen LogP) is 4.11. The first kappa shape index (κ1) is 11.3. The molecule has 0 aliphatic carbocycles. The van der Waals surface area contributed by atoms with Crippen LogP contribution in [-0.4, -0.2) is 5.90 Å². The van der Waals surface area contributed by atoms with Crippen molar-refractivity contribution in [2.24, 2.45) is 4.99 Å². The van der Waals surface area contributed by atoms with Crippen LogP contribution in [0.5, 0.6) is 0 Å². The Morgan fingerprint density at radius 3 is 2.69 bits per heavy atom. The van der Waals surface area contributed by atoms with E-state index in [-0.39, 0.29) is 10.9 Å². The van der Waals surface area contributed by atoms with E-state index in [1.807, 2.05) is 0 Å². The highest BCUT2D eigenvalue weighted by atomic mass is 35.5. The fraction of sp³-hybridized carbons (Fsp3) is 0. The molecule has 6 heteroatoms. The fourth-order valence-electron chi connectivity index (χ4n) is 1.24. The maximum Gasteiger partial charge on any atom is 0.300 e. The molecule has 0 saturated heterocycles. The fourth-order valence-corrected chi connectivity index (χ4v) is 2.11. The monoisotopic (exact) mass is 272 g/mol. The van der Waals surface area contributed by atoms with E-state index in [1.165, 1.54) is 6.26 Å². The Morgan fingerprint density at radius 1 is 1.25 bits per heavy atom. The van der Waals surface area contributed by atoms with Gasteiger partial charge in [-0.3, -0.25) is 0 Å². The molecule has 3 nitrogen and oxygen atoms in total. The normalized spacial score (nSPS) is 13.9. The van der Waals surface area contributed by atoms with Crippen LogP contribution >= 0.6 is 34.8 Å². The lowest BCUT2D eigenvalue weighted by atomic mass is 10.2. The zero-order valence-corrected chi connectivity index (χ0v) is 9.94. The van der Waals surface area contributed by atoms with Crippen LogP contribution in [0, 0.1) is 11.3 Å². The van der Waals surface area contributed by atoms with E-state index in [2.05, 4.69) is 4.99 Å². The Bertz CT molecular complexity index is 558. The van der Waals surface area contributed by atoms with Gasteiger partial charge in [0.25, 0.3) is 0 Å². The minimum absolute atomic E-state index is 0.116. The minimum Gasteiger partial charge on any atom is -0.437 e. The Hall–Kier alpha value is -1.21. The average molecular weight is 274 g/mol. The molecule has 1 heterocycles. The van der Waals surface area contributed by atoms with Crippen LogP contribution in [0.25, 0.3) is 5.03 Å². The van der Waals surface area contributed by atoms with Crippen molar-refractivity contribution in [1.82, 2.24) is 0 Å². The van der Waals surface area contributed by atoms with Crippen LogP contribution < -0.4 is 0 Å². The van der Waals surface area contributed by atoms with Gasteiger partial charge in [-0.15, -0.1) is 0 Å². The third kappa shape index (κ3) is 2.00. The maximum absolute atomic E-state index is 8.72. The molecule has 1 aliphatic rings. The van der Waals surface area contributed by atoms with Gasteiger partial charge < -0.3 is 4.74 Å². The van der Waals surface area contributed by atoms with Crippen LogP contribution in [0.1, 0.15) is 5.56 Å². The van der Waals surface area contributed by atoms with E-state index in [4.69, 9.17) is 44.8 Å². The van der Waals surface area contributed by atoms with Crippen molar-refractivity contribution in [2.45, 2.75) is 0 Å². The number of ether oxygens (including phenoxy) is 1. The van der Waals surface area contributed by atoms with E-state index in [9.17, 15) is 0 Å². The van der Waals surface area contributed by atoms with Crippen molar-refractivity contribution >= 4 is 51.4 Å². The SMILES string of the molecule is N#CC1=Nc2cc(Cl)cc(Cl)c2C(Cl)=CO1. The van der Waals surface area contributed by atoms with Gasteiger partial charge in [0.2, 0.25) is 0 Å². The molecule has 0 fully saturated rings. The molecule has 0 bridgehead atoms. The van der Waals surface area contributed by atoms with Crippen LogP contribution in [0.15, 0.2) is 23.4 Å². The summed E-state index contributed by atoms with van der Waals surface area (Å²) >= 11 is 17.8. The summed E-state index contributed by atoms with van der Waals surface area (Å²) in [6, 6.07) is 4.89. The summed E-state index contributed by atoms with van der Waals surface area (Å²) in [7, 11) is 0. The van der Waals surface area contributed by atoms with E-state index >= 15 is 0 Å². The molecule has 0 N–H and O–H groups in total. The molecule has 0 atom stereocenters. The van der Waals surface area contributed by atoms with Gasteiger partial charge in [-0.25, -0.2) is 4.99 Å². The molecule has 0 spiro atoms. The van der Waals surface area contributed by atoms with Crippen LogP contribution in [0.4, 0.5) is 5.69 Å². The van der Waals surface area contributed by atoms with Crippen molar-refractivity contribution in [2.75, 3.05) is 0 Å². The van der Waals surface area contributed by atoms with Gasteiger partial charge in [0.1, 0.15) is 6.26 Å². The van der Waals surface area contributed by atoms with Crippen molar-refractivity contribution in [3.05, 3.63) is 34.0 Å². The lowest BCUT2D eigenvalue weighted by Crippen LogP contribution is -1.93. The van der Waals surface area contributed by atoms with Gasteiger partial charge in [-0.1, -0.05) is 34.8 Å². The number of halogens is 3. The van der Waals surface area contributed by atoms with Gasteiger partial charge in [-0.05, 0) is 12.1 Å². The number of hydrogen-bond acceptors (Lipinski definition) is 3. The molecule has 0 saturated carbocycles. The number of rotatable bonds is 0. The van der Waals surface area contributed by atoms with Crippen molar-refractivity contribution < 1.29 is 4.74 Å². The highest BCUT2D eigenvalue weighted by Gasteiger charge is 2.16. The van der Waals surface area contributed by atoms with E-state index in [0.29, 0.717) is 21.3 Å². The summed E-state index contributed by atoms with van der Waals surface area (Å²) in [5.74, 6) is -0.116. The van der Waals surface area contributed by atoms with Gasteiger partial charge >= 0.3 is 5.90 Å². The van der Waals surface area contributed by atoms with E-state index in [1.54, 1.807) is 18.2 Å². The number of nitrogens with zero attached hydrogens (tertiary/aromatic N) is 2. The zero-order valence-electron chi connectivity index (χ0n) is 7.67. The maximum atomic E-state index is 8.72. The first-order valence-corrected chi connectivity index (χ1v) is 5.25. The second-order valence-electron chi connectivity index (χ2n) is 2.89. The quantitative estimate of drug-likeness (QED) is 0.714. The minimum atomic E-state index is -0.116. The summed E-state index contributed by atoms with van der Waals surface area (Å²) < 4.78 is 4.93. The van der Waals surface area contributed by atoms with E-state index in [0.717, 1.165) is 0 Å². The Labute approximate surface area is 107 Å². The molecule has 2 rings (SSSR count). The zero-order chi connectivity index (χ0) is 11.7. The summed E-state index contributed by atoms with van der Waals surface area (Å²) in [5, 5.41) is 9.76. The van der Waals surface area contributed by atoms with Crippen LogP contribution in [-0.2, 0) is 4.74 Å². The number of nitriles is 1. The first-order valence-electron chi connectivity index (χ1n) is 4.12. The molecule has 0 unspecified atom stereocenters. The number of benzene rings is 1. The molecule has 0 amide bonds. The molecule has 16 heavy (non-hydrogen) atoms. The molecule has 0 radical (unpaired) electrons. The summed E-state index contributed by atoms with van der Waals surface area (Å²) in [6.45, 7) is 0. The Morgan fingerprint density at radius 2 is 2.00 bits per heavy atom. The molecule has 1 aromatic carbocycles. The first-order chi connectivity index (χ1) is 7.61. The summed E-state index contributed by atoms with van der Waals surface area (Å²) in [5.41, 5.74) is 0.908. The second-order valence-corrected chi connectivity index (χ2v) is 4.14. The lowest BCUT2D eigenvalue weighted by Gasteiger charge is -2.04. The average Bonchev–Trinajstić information content (AvgIpc) is 2.37. The molecule has 1 aromatic rings. The van der Waals surface area contributed by atoms with E-state index < -0.39 is 0 Å². The van der Waals surface area contributed by atoms with Gasteiger partial charge in [-0.2, -0.15) is 5.26 Å². The van der Waals surface area contributed by atoms with Crippen LogP contribution in [0.2, 0.25) is 10.0 Å². The number of aliphatic imine (C=N–C) groups is 1. The predicted molar refractivity (Wildman–Crippen MR) is 64.1 cm³/mol. The van der Waals surface area contributed by atoms with Gasteiger partial charge in [0.05, 0.1) is 15.7 Å². The molecule has 0 aromatic heterocycles. The Kier molecular flexibility index (Phi) is 3.06. The van der Waals surface area contributed by atoms with Crippen molar-refractivity contribution in [3.8, 4) is 6.07 Å². The summed E-state index contributed by atoms with van der Waals surface area (Å²) in [6.07, 6.45) is 1.22. The molecule has 1 aliphatic heterocycles. The Balaban J connectivity index is 2.74. The number of fused-ring (bicyclic) bond motifs is 1. The highest BCUT2D eigenvalue weighted by molar-refractivity contribution is 6.51. The largest absolute Gasteiger partial charge is 0.437 e. The second kappa shape index (κ2) is 4.34. The third-order valence-corrected chi connectivity index (χ3v) is 2.66. The lowest BCUT2D eigenvalue weighted by molar-refractivity contribution is 0.483. The topological polar surface area (TPSA) is 45.4 Å².